The van der Waals surface area contributed by atoms with Gasteiger partial charge in [-0.3, -0.25) is 4.99 Å². The van der Waals surface area contributed by atoms with Gasteiger partial charge in [-0.2, -0.15) is 0 Å². The van der Waals surface area contributed by atoms with Crippen molar-refractivity contribution in [1.29, 1.82) is 0 Å². The molecule has 20 heavy (non-hydrogen) atoms. The number of hydrogen-bond acceptors (Lipinski definition) is 2. The molecule has 0 atom stereocenters. The standard InChI is InChI=1S/C15H21N3O.HI/c1-16-15(18-13-8-4-5-9-13)17-11-12-7-3-6-10-14(12)19-2;/h3-7,10,13H,8-9,11H2,1-2H3,(H2,16,17,18);1H. The molecule has 2 rings (SSSR count). The average Bonchev–Trinajstić information content (AvgIpc) is 2.96. The number of hydrogen-bond donors (Lipinski definition) is 2. The lowest BCUT2D eigenvalue weighted by atomic mass is 10.2. The maximum absolute atomic E-state index is 5.33. The number of para-hydroxylation sites is 1. The van der Waals surface area contributed by atoms with E-state index in [0.29, 0.717) is 12.6 Å². The van der Waals surface area contributed by atoms with E-state index in [0.717, 1.165) is 30.1 Å². The van der Waals surface area contributed by atoms with E-state index >= 15 is 0 Å². The Balaban J connectivity index is 0.00000200. The second kappa shape index (κ2) is 8.84. The van der Waals surface area contributed by atoms with Crippen LogP contribution in [0.4, 0.5) is 0 Å². The molecule has 4 nitrogen and oxygen atoms in total. The summed E-state index contributed by atoms with van der Waals surface area (Å²) >= 11 is 0. The second-order valence-electron chi connectivity index (χ2n) is 4.52. The van der Waals surface area contributed by atoms with E-state index in [9.17, 15) is 0 Å². The average molecular weight is 387 g/mol. The van der Waals surface area contributed by atoms with Gasteiger partial charge in [-0.25, -0.2) is 0 Å². The van der Waals surface area contributed by atoms with Crippen LogP contribution in [-0.2, 0) is 6.54 Å². The Bertz CT molecular complexity index is 466. The van der Waals surface area contributed by atoms with Crippen LogP contribution in [0.3, 0.4) is 0 Å². The Kier molecular flexibility index (Phi) is 7.43. The van der Waals surface area contributed by atoms with Gasteiger partial charge in [0.2, 0.25) is 0 Å². The number of nitrogens with zero attached hydrogens (tertiary/aromatic N) is 1. The smallest absolute Gasteiger partial charge is 0.191 e. The van der Waals surface area contributed by atoms with Crippen molar-refractivity contribution in [3.63, 3.8) is 0 Å². The van der Waals surface area contributed by atoms with Crippen LogP contribution in [0.5, 0.6) is 5.75 Å². The zero-order valence-corrected chi connectivity index (χ0v) is 14.3. The van der Waals surface area contributed by atoms with E-state index in [1.54, 1.807) is 14.2 Å². The molecule has 0 aliphatic heterocycles. The molecule has 0 aromatic heterocycles. The third kappa shape index (κ3) is 4.70. The van der Waals surface area contributed by atoms with Crippen LogP contribution in [0.15, 0.2) is 41.4 Å². The summed E-state index contributed by atoms with van der Waals surface area (Å²) in [7, 11) is 3.48. The zero-order chi connectivity index (χ0) is 13.5. The van der Waals surface area contributed by atoms with Crippen LogP contribution in [0.2, 0.25) is 0 Å². The van der Waals surface area contributed by atoms with Gasteiger partial charge in [0.15, 0.2) is 5.96 Å². The summed E-state index contributed by atoms with van der Waals surface area (Å²) in [5.74, 6) is 1.73. The molecule has 2 N–H and O–H groups in total. The molecular formula is C15H22IN3O. The number of aliphatic imine (C=N–C) groups is 1. The van der Waals surface area contributed by atoms with Crippen molar-refractivity contribution in [3.05, 3.63) is 42.0 Å². The molecule has 0 saturated carbocycles. The molecule has 0 saturated heterocycles. The zero-order valence-electron chi connectivity index (χ0n) is 11.9. The molecule has 1 aromatic rings. The highest BCUT2D eigenvalue weighted by molar-refractivity contribution is 14.0. The van der Waals surface area contributed by atoms with E-state index in [1.165, 1.54) is 0 Å². The lowest BCUT2D eigenvalue weighted by Gasteiger charge is -2.17. The first kappa shape index (κ1) is 16.8. The van der Waals surface area contributed by atoms with E-state index in [-0.39, 0.29) is 24.0 Å². The Labute approximate surface area is 137 Å². The van der Waals surface area contributed by atoms with E-state index in [4.69, 9.17) is 4.74 Å². The molecular weight excluding hydrogens is 365 g/mol. The molecule has 0 bridgehead atoms. The molecule has 0 amide bonds. The van der Waals surface area contributed by atoms with Crippen LogP contribution >= 0.6 is 24.0 Å². The second-order valence-corrected chi connectivity index (χ2v) is 4.52. The normalized spacial score (nSPS) is 14.8. The number of halogens is 1. The van der Waals surface area contributed by atoms with Crippen LogP contribution in [0, 0.1) is 0 Å². The maximum atomic E-state index is 5.33. The summed E-state index contributed by atoms with van der Waals surface area (Å²) in [5.41, 5.74) is 1.12. The molecule has 110 valence electrons. The molecule has 0 radical (unpaired) electrons. The number of rotatable bonds is 4. The minimum absolute atomic E-state index is 0. The van der Waals surface area contributed by atoms with Crippen molar-refractivity contribution in [3.8, 4) is 5.75 Å². The number of methoxy groups -OCH3 is 1. The van der Waals surface area contributed by atoms with E-state index in [2.05, 4.69) is 33.8 Å². The molecule has 0 unspecified atom stereocenters. The Morgan fingerprint density at radius 3 is 2.65 bits per heavy atom. The number of guanidine groups is 1. The van der Waals surface area contributed by atoms with Gasteiger partial charge in [-0.15, -0.1) is 24.0 Å². The molecule has 5 heteroatoms. The fourth-order valence-corrected chi connectivity index (χ4v) is 2.15. The maximum Gasteiger partial charge on any atom is 0.191 e. The topological polar surface area (TPSA) is 45.7 Å². The third-order valence-electron chi connectivity index (χ3n) is 3.21. The van der Waals surface area contributed by atoms with Crippen molar-refractivity contribution in [2.24, 2.45) is 4.99 Å². The van der Waals surface area contributed by atoms with Crippen molar-refractivity contribution in [2.75, 3.05) is 14.2 Å². The quantitative estimate of drug-likeness (QED) is 0.362. The highest BCUT2D eigenvalue weighted by atomic mass is 127. The van der Waals surface area contributed by atoms with Crippen LogP contribution in [-0.4, -0.2) is 26.2 Å². The lowest BCUT2D eigenvalue weighted by molar-refractivity contribution is 0.409. The SMILES string of the molecule is CN=C(NCc1ccccc1OC)NC1CC=CC1.I. The number of benzene rings is 1. The Morgan fingerprint density at radius 1 is 1.30 bits per heavy atom. The van der Waals surface area contributed by atoms with E-state index < -0.39 is 0 Å². The Morgan fingerprint density at radius 2 is 2.00 bits per heavy atom. The summed E-state index contributed by atoms with van der Waals surface area (Å²) in [6, 6.07) is 8.46. The van der Waals surface area contributed by atoms with Crippen molar-refractivity contribution < 1.29 is 4.74 Å². The lowest BCUT2D eigenvalue weighted by Crippen LogP contribution is -2.42. The number of nitrogens with one attached hydrogen (secondary N) is 2. The van der Waals surface area contributed by atoms with Crippen LogP contribution in [0.25, 0.3) is 0 Å². The molecule has 1 aliphatic carbocycles. The first-order chi connectivity index (χ1) is 9.33. The largest absolute Gasteiger partial charge is 0.496 e. The summed E-state index contributed by atoms with van der Waals surface area (Å²) in [6.07, 6.45) is 6.53. The highest BCUT2D eigenvalue weighted by Gasteiger charge is 2.11. The van der Waals surface area contributed by atoms with Gasteiger partial charge >= 0.3 is 0 Å². The molecule has 0 fully saturated rings. The number of ether oxygens (including phenoxy) is 1. The van der Waals surface area contributed by atoms with Gasteiger partial charge in [0.1, 0.15) is 5.75 Å². The van der Waals surface area contributed by atoms with Gasteiger partial charge in [0.05, 0.1) is 7.11 Å². The van der Waals surface area contributed by atoms with E-state index in [1.807, 2.05) is 18.2 Å². The van der Waals surface area contributed by atoms with Crippen molar-refractivity contribution in [1.82, 2.24) is 10.6 Å². The Hall–Kier alpha value is -1.24. The molecule has 0 spiro atoms. The van der Waals surface area contributed by atoms with Crippen molar-refractivity contribution >= 4 is 29.9 Å². The van der Waals surface area contributed by atoms with Gasteiger partial charge < -0.3 is 15.4 Å². The van der Waals surface area contributed by atoms with Crippen LogP contribution < -0.4 is 15.4 Å². The predicted molar refractivity (Wildman–Crippen MR) is 93.9 cm³/mol. The first-order valence-electron chi connectivity index (χ1n) is 6.57. The fraction of sp³-hybridized carbons (Fsp3) is 0.400. The van der Waals surface area contributed by atoms with Gasteiger partial charge in [0, 0.05) is 25.2 Å². The monoisotopic (exact) mass is 387 g/mol. The highest BCUT2D eigenvalue weighted by Crippen LogP contribution is 2.16. The minimum Gasteiger partial charge on any atom is -0.496 e. The summed E-state index contributed by atoms with van der Waals surface area (Å²) < 4.78 is 5.33. The minimum atomic E-state index is 0. The van der Waals surface area contributed by atoms with Gasteiger partial charge in [-0.05, 0) is 18.9 Å². The molecule has 1 aromatic carbocycles. The molecule has 1 aliphatic rings. The first-order valence-corrected chi connectivity index (χ1v) is 6.57. The van der Waals surface area contributed by atoms with Gasteiger partial charge in [-0.1, -0.05) is 30.4 Å². The molecule has 0 heterocycles. The summed E-state index contributed by atoms with van der Waals surface area (Å²) in [5, 5.41) is 6.73. The summed E-state index contributed by atoms with van der Waals surface area (Å²) in [6.45, 7) is 0.698. The predicted octanol–water partition coefficient (Wildman–Crippen LogP) is 2.70. The van der Waals surface area contributed by atoms with Crippen LogP contribution in [0.1, 0.15) is 18.4 Å². The van der Waals surface area contributed by atoms with Crippen molar-refractivity contribution in [2.45, 2.75) is 25.4 Å². The third-order valence-corrected chi connectivity index (χ3v) is 3.21. The van der Waals surface area contributed by atoms with Gasteiger partial charge in [0.25, 0.3) is 0 Å². The fourth-order valence-electron chi connectivity index (χ4n) is 2.15. The summed E-state index contributed by atoms with van der Waals surface area (Å²) in [4.78, 5) is 4.25.